The molecule has 0 amide bonds. The molecule has 5 heteroatoms. The van der Waals surface area contributed by atoms with Crippen LogP contribution >= 0.6 is 11.6 Å². The van der Waals surface area contributed by atoms with E-state index in [0.29, 0.717) is 0 Å². The second-order valence-corrected chi connectivity index (χ2v) is 3.09. The van der Waals surface area contributed by atoms with Crippen LogP contribution in [0.1, 0.15) is 6.92 Å². The topological polar surface area (TPSA) is 12.4 Å². The Bertz CT molecular complexity index is 231. The van der Waals surface area contributed by atoms with Gasteiger partial charge in [0.25, 0.3) is 0 Å². The average molecular weight is 198 g/mol. The molecular formula is C7H7ClF3N. The van der Waals surface area contributed by atoms with Gasteiger partial charge in [0.15, 0.2) is 0 Å². The standard InChI is InChI=1S/C7H7ClF3N/c1-4-6(8)2-5(3-12-4)7(9,10)11/h2-4,6H,1H3. The first kappa shape index (κ1) is 9.58. The Morgan fingerprint density at radius 2 is 2.08 bits per heavy atom. The molecule has 1 aliphatic heterocycles. The van der Waals surface area contributed by atoms with Crippen molar-refractivity contribution >= 4 is 17.8 Å². The predicted octanol–water partition coefficient (Wildman–Crippen LogP) is 2.56. The second kappa shape index (κ2) is 3.09. The van der Waals surface area contributed by atoms with Gasteiger partial charge in [-0.1, -0.05) is 6.08 Å². The van der Waals surface area contributed by atoms with Crippen LogP contribution in [0, 0.1) is 0 Å². The summed E-state index contributed by atoms with van der Waals surface area (Å²) in [5.74, 6) is 0. The highest BCUT2D eigenvalue weighted by Gasteiger charge is 2.35. The van der Waals surface area contributed by atoms with Gasteiger partial charge in [0.05, 0.1) is 17.0 Å². The summed E-state index contributed by atoms with van der Waals surface area (Å²) in [6.45, 7) is 1.66. The minimum absolute atomic E-state index is 0.280. The highest BCUT2D eigenvalue weighted by molar-refractivity contribution is 6.22. The fraction of sp³-hybridized carbons (Fsp3) is 0.571. The molecule has 0 saturated carbocycles. The van der Waals surface area contributed by atoms with Crippen LogP contribution in [0.3, 0.4) is 0 Å². The lowest BCUT2D eigenvalue weighted by atomic mass is 10.1. The molecule has 0 N–H and O–H groups in total. The first-order valence-electron chi connectivity index (χ1n) is 3.37. The van der Waals surface area contributed by atoms with Gasteiger partial charge in [-0.15, -0.1) is 11.6 Å². The van der Waals surface area contributed by atoms with E-state index in [0.717, 1.165) is 12.3 Å². The summed E-state index contributed by atoms with van der Waals surface area (Å²) in [7, 11) is 0. The van der Waals surface area contributed by atoms with Gasteiger partial charge < -0.3 is 0 Å². The maximum Gasteiger partial charge on any atom is 0.417 e. The summed E-state index contributed by atoms with van der Waals surface area (Å²) >= 11 is 5.58. The van der Waals surface area contributed by atoms with E-state index in [2.05, 4.69) is 4.99 Å². The Balaban J connectivity index is 2.84. The van der Waals surface area contributed by atoms with E-state index in [9.17, 15) is 13.2 Å². The zero-order valence-corrected chi connectivity index (χ0v) is 7.02. The van der Waals surface area contributed by atoms with Crippen molar-refractivity contribution in [1.29, 1.82) is 0 Å². The van der Waals surface area contributed by atoms with Crippen molar-refractivity contribution in [2.75, 3.05) is 0 Å². The smallest absolute Gasteiger partial charge is 0.288 e. The molecule has 12 heavy (non-hydrogen) atoms. The number of hydrogen-bond acceptors (Lipinski definition) is 1. The van der Waals surface area contributed by atoms with E-state index >= 15 is 0 Å². The van der Waals surface area contributed by atoms with Crippen LogP contribution in [0.25, 0.3) is 0 Å². The Morgan fingerprint density at radius 1 is 1.50 bits per heavy atom. The molecule has 0 radical (unpaired) electrons. The fourth-order valence-electron chi connectivity index (χ4n) is 0.802. The number of alkyl halides is 4. The van der Waals surface area contributed by atoms with Gasteiger partial charge in [0.1, 0.15) is 0 Å². The van der Waals surface area contributed by atoms with Gasteiger partial charge in [0, 0.05) is 6.21 Å². The molecular weight excluding hydrogens is 191 g/mol. The molecule has 0 aromatic heterocycles. The molecule has 0 aromatic carbocycles. The van der Waals surface area contributed by atoms with E-state index in [1.54, 1.807) is 6.92 Å². The molecule has 68 valence electrons. The third-order valence-corrected chi connectivity index (χ3v) is 2.07. The highest BCUT2D eigenvalue weighted by Crippen LogP contribution is 2.28. The van der Waals surface area contributed by atoms with Crippen LogP contribution in [0.4, 0.5) is 13.2 Å². The van der Waals surface area contributed by atoms with Gasteiger partial charge in [-0.3, -0.25) is 4.99 Å². The molecule has 0 aliphatic carbocycles. The molecule has 1 heterocycles. The third-order valence-electron chi connectivity index (χ3n) is 1.58. The number of nitrogens with zero attached hydrogens (tertiary/aromatic N) is 1. The normalized spacial score (nSPS) is 30.2. The molecule has 1 nitrogen and oxygen atoms in total. The van der Waals surface area contributed by atoms with Crippen LogP contribution in [0.2, 0.25) is 0 Å². The van der Waals surface area contributed by atoms with Crippen molar-refractivity contribution in [1.82, 2.24) is 0 Å². The number of aliphatic imine (C=N–C) groups is 1. The second-order valence-electron chi connectivity index (χ2n) is 2.58. The van der Waals surface area contributed by atoms with Crippen molar-refractivity contribution in [3.63, 3.8) is 0 Å². The van der Waals surface area contributed by atoms with Crippen LogP contribution in [-0.4, -0.2) is 23.8 Å². The van der Waals surface area contributed by atoms with E-state index in [-0.39, 0.29) is 6.04 Å². The maximum absolute atomic E-state index is 12.0. The van der Waals surface area contributed by atoms with Crippen molar-refractivity contribution in [2.24, 2.45) is 4.99 Å². The van der Waals surface area contributed by atoms with Crippen LogP contribution in [0.5, 0.6) is 0 Å². The molecule has 1 aliphatic rings. The van der Waals surface area contributed by atoms with Crippen molar-refractivity contribution in [3.05, 3.63) is 11.6 Å². The summed E-state index contributed by atoms with van der Waals surface area (Å²) in [5, 5.41) is -0.661. The van der Waals surface area contributed by atoms with E-state index in [4.69, 9.17) is 11.6 Å². The monoisotopic (exact) mass is 197 g/mol. The van der Waals surface area contributed by atoms with Gasteiger partial charge in [-0.05, 0) is 6.92 Å². The number of allylic oxidation sites excluding steroid dienone is 1. The lowest BCUT2D eigenvalue weighted by molar-refractivity contribution is -0.0860. The van der Waals surface area contributed by atoms with Crippen LogP contribution in [-0.2, 0) is 0 Å². The minimum atomic E-state index is -4.34. The van der Waals surface area contributed by atoms with E-state index in [1.807, 2.05) is 0 Å². The lowest BCUT2D eigenvalue weighted by Gasteiger charge is -2.17. The molecule has 0 bridgehead atoms. The Labute approximate surface area is 72.9 Å². The molecule has 0 aromatic rings. The number of dihydropyridines is 1. The Morgan fingerprint density at radius 3 is 2.50 bits per heavy atom. The lowest BCUT2D eigenvalue weighted by Crippen LogP contribution is -2.24. The predicted molar refractivity (Wildman–Crippen MR) is 41.7 cm³/mol. The average Bonchev–Trinajstić information content (AvgIpc) is 1.92. The van der Waals surface area contributed by atoms with Crippen LogP contribution < -0.4 is 0 Å². The van der Waals surface area contributed by atoms with Gasteiger partial charge in [0.2, 0.25) is 0 Å². The van der Waals surface area contributed by atoms with Crippen molar-refractivity contribution in [2.45, 2.75) is 24.5 Å². The molecule has 2 atom stereocenters. The zero-order chi connectivity index (χ0) is 9.35. The molecule has 1 rings (SSSR count). The summed E-state index contributed by atoms with van der Waals surface area (Å²) in [4.78, 5) is 3.61. The van der Waals surface area contributed by atoms with Gasteiger partial charge >= 0.3 is 6.18 Å². The van der Waals surface area contributed by atoms with Gasteiger partial charge in [-0.2, -0.15) is 13.2 Å². The minimum Gasteiger partial charge on any atom is -0.288 e. The Kier molecular flexibility index (Phi) is 2.46. The first-order valence-corrected chi connectivity index (χ1v) is 3.81. The number of rotatable bonds is 0. The summed E-state index contributed by atoms with van der Waals surface area (Å²) in [6.07, 6.45) is -2.53. The molecule has 0 spiro atoms. The Hall–Kier alpha value is -0.510. The number of halogens is 4. The first-order chi connectivity index (χ1) is 5.41. The number of hydrogen-bond donors (Lipinski definition) is 0. The summed E-state index contributed by atoms with van der Waals surface area (Å²) in [5.41, 5.74) is -0.763. The molecule has 0 saturated heterocycles. The SMILES string of the molecule is CC1N=CC(C(F)(F)F)=CC1Cl. The van der Waals surface area contributed by atoms with Crippen molar-refractivity contribution < 1.29 is 13.2 Å². The summed E-state index contributed by atoms with van der Waals surface area (Å²) < 4.78 is 36.1. The van der Waals surface area contributed by atoms with Gasteiger partial charge in [-0.25, -0.2) is 0 Å². The highest BCUT2D eigenvalue weighted by atomic mass is 35.5. The largest absolute Gasteiger partial charge is 0.417 e. The third kappa shape index (κ3) is 2.00. The zero-order valence-electron chi connectivity index (χ0n) is 6.27. The van der Waals surface area contributed by atoms with Crippen LogP contribution in [0.15, 0.2) is 16.6 Å². The van der Waals surface area contributed by atoms with E-state index in [1.165, 1.54) is 0 Å². The van der Waals surface area contributed by atoms with E-state index < -0.39 is 17.1 Å². The quantitative estimate of drug-likeness (QED) is 0.530. The molecule has 0 fully saturated rings. The fourth-order valence-corrected chi connectivity index (χ4v) is 1.00. The summed E-state index contributed by atoms with van der Waals surface area (Å²) in [6, 6.07) is -0.280. The molecule has 2 unspecified atom stereocenters. The maximum atomic E-state index is 12.0. The van der Waals surface area contributed by atoms with Crippen molar-refractivity contribution in [3.8, 4) is 0 Å².